The maximum atomic E-state index is 13.2. The molecule has 0 aliphatic carbocycles. The fraction of sp³-hybridized carbons (Fsp3) is 0.632. The molecular weight excluding hydrogens is 468 g/mol. The van der Waals surface area contributed by atoms with Crippen LogP contribution < -0.4 is 10.6 Å². The molecule has 1 saturated heterocycles. The number of hydrogen-bond acceptors (Lipinski definition) is 2. The van der Waals surface area contributed by atoms with Crippen molar-refractivity contribution >= 4 is 41.5 Å². The highest BCUT2D eigenvalue weighted by molar-refractivity contribution is 14.0. The van der Waals surface area contributed by atoms with Gasteiger partial charge in [-0.3, -0.25) is 4.99 Å². The van der Waals surface area contributed by atoms with E-state index in [0.717, 1.165) is 37.5 Å². The minimum atomic E-state index is -0.404. The zero-order valence-corrected chi connectivity index (χ0v) is 19.0. The van der Waals surface area contributed by atoms with Crippen LogP contribution in [0.4, 0.5) is 4.39 Å². The summed E-state index contributed by atoms with van der Waals surface area (Å²) in [5, 5.41) is 6.77. The first kappa shape index (κ1) is 23.4. The van der Waals surface area contributed by atoms with Crippen molar-refractivity contribution in [2.24, 2.45) is 16.3 Å². The van der Waals surface area contributed by atoms with Gasteiger partial charge >= 0.3 is 0 Å². The predicted octanol–water partition coefficient (Wildman–Crippen LogP) is 4.60. The fourth-order valence-corrected chi connectivity index (χ4v) is 3.50. The molecule has 0 amide bonds. The van der Waals surface area contributed by atoms with Gasteiger partial charge in [0, 0.05) is 32.7 Å². The van der Waals surface area contributed by atoms with Crippen molar-refractivity contribution in [1.29, 1.82) is 0 Å². The second kappa shape index (κ2) is 10.7. The Hall–Kier alpha value is -0.600. The van der Waals surface area contributed by atoms with Crippen LogP contribution in [0.1, 0.15) is 39.2 Å². The highest BCUT2D eigenvalue weighted by Gasteiger charge is 2.35. The summed E-state index contributed by atoms with van der Waals surface area (Å²) in [4.78, 5) is 4.26. The SMILES string of the molecule is CN=C(NCc1ccc(F)c(Cl)c1)NCC1CCCOC1C(C)(C)C.I. The Bertz CT molecular complexity index is 607. The third-order valence-corrected chi connectivity index (χ3v) is 4.79. The summed E-state index contributed by atoms with van der Waals surface area (Å²) in [7, 11) is 1.74. The van der Waals surface area contributed by atoms with Gasteiger partial charge in [0.15, 0.2) is 5.96 Å². The molecule has 148 valence electrons. The van der Waals surface area contributed by atoms with Crippen LogP contribution in [0.25, 0.3) is 0 Å². The van der Waals surface area contributed by atoms with E-state index < -0.39 is 5.82 Å². The Kier molecular flexibility index (Phi) is 9.61. The monoisotopic (exact) mass is 497 g/mol. The molecule has 1 aromatic rings. The summed E-state index contributed by atoms with van der Waals surface area (Å²) in [6.07, 6.45) is 2.49. The topological polar surface area (TPSA) is 45.7 Å². The number of guanidine groups is 1. The Balaban J connectivity index is 0.00000338. The van der Waals surface area contributed by atoms with Crippen molar-refractivity contribution in [2.45, 2.75) is 46.3 Å². The molecule has 1 aliphatic heterocycles. The zero-order chi connectivity index (χ0) is 18.4. The first-order valence-corrected chi connectivity index (χ1v) is 9.19. The van der Waals surface area contributed by atoms with Crippen LogP contribution in [0, 0.1) is 17.2 Å². The number of nitrogens with one attached hydrogen (secondary N) is 2. The largest absolute Gasteiger partial charge is 0.377 e. The van der Waals surface area contributed by atoms with Crippen molar-refractivity contribution in [1.82, 2.24) is 10.6 Å². The Morgan fingerprint density at radius 3 is 2.69 bits per heavy atom. The molecular formula is C19H30ClFIN3O. The fourth-order valence-electron chi connectivity index (χ4n) is 3.29. The van der Waals surface area contributed by atoms with Gasteiger partial charge in [0.1, 0.15) is 5.82 Å². The lowest BCUT2D eigenvalue weighted by Crippen LogP contribution is -2.47. The quantitative estimate of drug-likeness (QED) is 0.363. The molecule has 0 radical (unpaired) electrons. The van der Waals surface area contributed by atoms with E-state index in [0.29, 0.717) is 12.5 Å². The third kappa shape index (κ3) is 6.85. The summed E-state index contributed by atoms with van der Waals surface area (Å²) in [5.74, 6) is 0.768. The molecule has 2 unspecified atom stereocenters. The smallest absolute Gasteiger partial charge is 0.191 e. The van der Waals surface area contributed by atoms with Crippen molar-refractivity contribution in [3.63, 3.8) is 0 Å². The number of nitrogens with zero attached hydrogens (tertiary/aromatic N) is 1. The first-order chi connectivity index (χ1) is 11.8. The van der Waals surface area contributed by atoms with Crippen molar-refractivity contribution < 1.29 is 9.13 Å². The van der Waals surface area contributed by atoms with Crippen LogP contribution in [0.2, 0.25) is 5.02 Å². The van der Waals surface area contributed by atoms with E-state index in [-0.39, 0.29) is 40.5 Å². The molecule has 2 rings (SSSR count). The summed E-state index contributed by atoms with van der Waals surface area (Å²) in [5.41, 5.74) is 1.03. The summed E-state index contributed by atoms with van der Waals surface area (Å²) < 4.78 is 19.2. The standard InChI is InChI=1S/C19H29ClFN3O.HI/c1-19(2,3)17-14(6-5-9-25-17)12-24-18(22-4)23-11-13-7-8-16(21)15(20)10-13;/h7-8,10,14,17H,5-6,9,11-12H2,1-4H3,(H2,22,23,24);1H. The Morgan fingerprint density at radius 1 is 1.35 bits per heavy atom. The molecule has 26 heavy (non-hydrogen) atoms. The van der Waals surface area contributed by atoms with Gasteiger partial charge in [-0.25, -0.2) is 4.39 Å². The molecule has 4 nitrogen and oxygen atoms in total. The minimum absolute atomic E-state index is 0. The normalized spacial score (nSPS) is 21.1. The van der Waals surface area contributed by atoms with Crippen molar-refractivity contribution in [3.05, 3.63) is 34.6 Å². The Labute approximate surface area is 178 Å². The van der Waals surface area contributed by atoms with Crippen LogP contribution in [-0.2, 0) is 11.3 Å². The molecule has 1 aromatic carbocycles. The number of ether oxygens (including phenoxy) is 1. The van der Waals surface area contributed by atoms with E-state index in [1.54, 1.807) is 19.2 Å². The van der Waals surface area contributed by atoms with Gasteiger partial charge in [-0.15, -0.1) is 24.0 Å². The third-order valence-electron chi connectivity index (χ3n) is 4.50. The highest BCUT2D eigenvalue weighted by atomic mass is 127. The van der Waals surface area contributed by atoms with Crippen molar-refractivity contribution in [2.75, 3.05) is 20.2 Å². The van der Waals surface area contributed by atoms with Crippen LogP contribution in [-0.4, -0.2) is 32.3 Å². The van der Waals surface area contributed by atoms with Gasteiger partial charge < -0.3 is 15.4 Å². The maximum Gasteiger partial charge on any atom is 0.191 e. The van der Waals surface area contributed by atoms with E-state index in [1.165, 1.54) is 6.07 Å². The molecule has 1 fully saturated rings. The van der Waals surface area contributed by atoms with Gasteiger partial charge in [0.2, 0.25) is 0 Å². The lowest BCUT2D eigenvalue weighted by molar-refractivity contribution is -0.0835. The molecule has 0 bridgehead atoms. The number of benzene rings is 1. The van der Waals surface area contributed by atoms with E-state index in [9.17, 15) is 4.39 Å². The van der Waals surface area contributed by atoms with E-state index in [4.69, 9.17) is 16.3 Å². The second-order valence-electron chi connectivity index (χ2n) is 7.61. The number of hydrogen-bond donors (Lipinski definition) is 2. The summed E-state index contributed by atoms with van der Waals surface area (Å²) in [6.45, 7) is 8.86. The average molecular weight is 498 g/mol. The highest BCUT2D eigenvalue weighted by Crippen LogP contribution is 2.33. The molecule has 2 atom stereocenters. The van der Waals surface area contributed by atoms with Crippen LogP contribution in [0.5, 0.6) is 0 Å². The zero-order valence-electron chi connectivity index (χ0n) is 15.9. The lowest BCUT2D eigenvalue weighted by atomic mass is 9.78. The summed E-state index contributed by atoms with van der Waals surface area (Å²) in [6, 6.07) is 4.72. The van der Waals surface area contributed by atoms with Gasteiger partial charge in [0.05, 0.1) is 11.1 Å². The van der Waals surface area contributed by atoms with Crippen molar-refractivity contribution in [3.8, 4) is 0 Å². The number of halogens is 3. The minimum Gasteiger partial charge on any atom is -0.377 e. The van der Waals surface area contributed by atoms with E-state index in [2.05, 4.69) is 36.4 Å². The molecule has 1 heterocycles. The Morgan fingerprint density at radius 2 is 2.08 bits per heavy atom. The van der Waals surface area contributed by atoms with Crippen LogP contribution >= 0.6 is 35.6 Å². The molecule has 2 N–H and O–H groups in total. The second-order valence-corrected chi connectivity index (χ2v) is 8.02. The molecule has 0 saturated carbocycles. The van der Waals surface area contributed by atoms with E-state index >= 15 is 0 Å². The molecule has 1 aliphatic rings. The first-order valence-electron chi connectivity index (χ1n) is 8.81. The lowest BCUT2D eigenvalue weighted by Gasteiger charge is -2.40. The van der Waals surface area contributed by atoms with Crippen LogP contribution in [0.3, 0.4) is 0 Å². The van der Waals surface area contributed by atoms with Crippen LogP contribution in [0.15, 0.2) is 23.2 Å². The molecule has 7 heteroatoms. The van der Waals surface area contributed by atoms with Gasteiger partial charge in [-0.05, 0) is 36.0 Å². The maximum absolute atomic E-state index is 13.2. The van der Waals surface area contributed by atoms with Gasteiger partial charge in [0.25, 0.3) is 0 Å². The predicted molar refractivity (Wildman–Crippen MR) is 117 cm³/mol. The van der Waals surface area contributed by atoms with E-state index in [1.807, 2.05) is 0 Å². The molecule has 0 aromatic heterocycles. The van der Waals surface area contributed by atoms with Gasteiger partial charge in [-0.2, -0.15) is 0 Å². The molecule has 0 spiro atoms. The summed E-state index contributed by atoms with van der Waals surface area (Å²) >= 11 is 5.82. The van der Waals surface area contributed by atoms with Gasteiger partial charge in [-0.1, -0.05) is 38.4 Å². The average Bonchev–Trinajstić information content (AvgIpc) is 2.57. The number of rotatable bonds is 4. The number of aliphatic imine (C=N–C) groups is 1.